The maximum atomic E-state index is 5.41. The molecule has 0 amide bonds. The van der Waals surface area contributed by atoms with Crippen LogP contribution in [-0.4, -0.2) is 22.4 Å². The topological polar surface area (TPSA) is 24.4 Å². The Morgan fingerprint density at radius 2 is 1.42 bits per heavy atom. The largest absolute Gasteiger partial charge is 0.366 e. The van der Waals surface area contributed by atoms with Crippen LogP contribution in [0.15, 0.2) is 47.5 Å². The van der Waals surface area contributed by atoms with E-state index in [0.29, 0.717) is 0 Å². The Hall–Kier alpha value is -1.40. The smallest absolute Gasteiger partial charge is 0.121 e. The van der Waals surface area contributed by atoms with Gasteiger partial charge in [0.05, 0.1) is 6.54 Å². The highest BCUT2D eigenvalue weighted by molar-refractivity contribution is 7.76. The quantitative estimate of drug-likeness (QED) is 0.285. The van der Waals surface area contributed by atoms with Gasteiger partial charge in [0.2, 0.25) is 0 Å². The van der Waals surface area contributed by atoms with Gasteiger partial charge in [0.1, 0.15) is 5.58 Å². The molecule has 0 aromatic heterocycles. The first-order valence-electron chi connectivity index (χ1n) is 12.6. The minimum atomic E-state index is -0.225. The zero-order chi connectivity index (χ0) is 21.7. The SMILES string of the molecule is CC(C)(C)NC(=NCc1cccc2ccccc12)P(C1CCCCC1)C1CCCCC1. The molecule has 2 aromatic rings. The van der Waals surface area contributed by atoms with Gasteiger partial charge in [-0.2, -0.15) is 0 Å². The number of nitrogens with zero attached hydrogens (tertiary/aromatic N) is 1. The van der Waals surface area contributed by atoms with Crippen LogP contribution in [0.5, 0.6) is 0 Å². The van der Waals surface area contributed by atoms with Gasteiger partial charge in [-0.05, 0) is 82.0 Å². The fourth-order valence-electron chi connectivity index (χ4n) is 5.47. The van der Waals surface area contributed by atoms with Crippen molar-refractivity contribution < 1.29 is 0 Å². The van der Waals surface area contributed by atoms with Crippen LogP contribution in [0.1, 0.15) is 90.5 Å². The van der Waals surface area contributed by atoms with Crippen molar-refractivity contribution in [2.45, 2.75) is 108 Å². The molecule has 168 valence electrons. The fourth-order valence-corrected chi connectivity index (χ4v) is 9.30. The number of hydrogen-bond acceptors (Lipinski definition) is 1. The van der Waals surface area contributed by atoms with E-state index in [1.807, 2.05) is 0 Å². The monoisotopic (exact) mass is 436 g/mol. The second-order valence-corrected chi connectivity index (χ2v) is 13.3. The van der Waals surface area contributed by atoms with Gasteiger partial charge in [-0.3, -0.25) is 4.99 Å². The van der Waals surface area contributed by atoms with Crippen LogP contribution >= 0.6 is 7.92 Å². The highest BCUT2D eigenvalue weighted by Crippen LogP contribution is 2.56. The highest BCUT2D eigenvalue weighted by atomic mass is 31.1. The third-order valence-corrected chi connectivity index (χ3v) is 10.3. The van der Waals surface area contributed by atoms with Crippen molar-refractivity contribution in [2.75, 3.05) is 0 Å². The van der Waals surface area contributed by atoms with Gasteiger partial charge in [0, 0.05) is 5.54 Å². The third-order valence-electron chi connectivity index (χ3n) is 6.95. The zero-order valence-corrected chi connectivity index (χ0v) is 20.8. The average molecular weight is 437 g/mol. The Morgan fingerprint density at radius 1 is 0.839 bits per heavy atom. The van der Waals surface area contributed by atoms with Crippen molar-refractivity contribution in [1.82, 2.24) is 5.32 Å². The van der Waals surface area contributed by atoms with Crippen LogP contribution < -0.4 is 5.32 Å². The number of rotatable bonds is 5. The van der Waals surface area contributed by atoms with E-state index < -0.39 is 0 Å². The standard InChI is InChI=1S/C28H41N2P/c1-28(2,3)30-27(29-21-23-15-12-14-22-13-10-11-20-26(22)23)31(24-16-6-4-7-17-24)25-18-8-5-9-19-25/h10-15,20,24-25H,4-9,16-19,21H2,1-3H3,(H,29,30). The van der Waals surface area contributed by atoms with Crippen LogP contribution in [0.3, 0.4) is 0 Å². The Bertz CT molecular complexity index is 847. The molecule has 2 nitrogen and oxygen atoms in total. The van der Waals surface area contributed by atoms with Crippen molar-refractivity contribution in [3.05, 3.63) is 48.0 Å². The van der Waals surface area contributed by atoms with Crippen molar-refractivity contribution in [2.24, 2.45) is 4.99 Å². The molecule has 0 heterocycles. The summed E-state index contributed by atoms with van der Waals surface area (Å²) in [7, 11) is -0.225. The first kappa shape index (κ1) is 22.8. The summed E-state index contributed by atoms with van der Waals surface area (Å²) in [5, 5.41) is 6.62. The number of hydrogen-bond donors (Lipinski definition) is 1. The van der Waals surface area contributed by atoms with Gasteiger partial charge in [0.15, 0.2) is 0 Å². The maximum absolute atomic E-state index is 5.41. The summed E-state index contributed by atoms with van der Waals surface area (Å²) in [4.78, 5) is 5.41. The molecule has 31 heavy (non-hydrogen) atoms. The highest BCUT2D eigenvalue weighted by Gasteiger charge is 2.35. The van der Waals surface area contributed by atoms with Gasteiger partial charge < -0.3 is 5.32 Å². The summed E-state index contributed by atoms with van der Waals surface area (Å²) in [6.45, 7) is 7.69. The van der Waals surface area contributed by atoms with Crippen molar-refractivity contribution in [3.8, 4) is 0 Å². The lowest BCUT2D eigenvalue weighted by atomic mass is 9.99. The van der Waals surface area contributed by atoms with E-state index in [1.54, 1.807) is 0 Å². The molecule has 0 atom stereocenters. The minimum Gasteiger partial charge on any atom is -0.366 e. The number of fused-ring (bicyclic) bond motifs is 1. The molecule has 1 N–H and O–H groups in total. The summed E-state index contributed by atoms with van der Waals surface area (Å²) >= 11 is 0. The van der Waals surface area contributed by atoms with Gasteiger partial charge in [-0.1, -0.05) is 81.0 Å². The van der Waals surface area contributed by atoms with E-state index in [1.165, 1.54) is 86.1 Å². The van der Waals surface area contributed by atoms with Crippen molar-refractivity contribution in [1.29, 1.82) is 0 Å². The molecular formula is C28H41N2P. The molecule has 3 heteroatoms. The third kappa shape index (κ3) is 6.10. The Morgan fingerprint density at radius 3 is 2.03 bits per heavy atom. The lowest BCUT2D eigenvalue weighted by Gasteiger charge is -2.41. The summed E-state index contributed by atoms with van der Waals surface area (Å²) in [5.74, 6) is 0. The second-order valence-electron chi connectivity index (χ2n) is 10.6. The molecule has 2 saturated carbocycles. The van der Waals surface area contributed by atoms with E-state index in [4.69, 9.17) is 4.99 Å². The molecule has 0 spiro atoms. The first-order chi connectivity index (χ1) is 15.0. The van der Waals surface area contributed by atoms with Crippen LogP contribution in [0.4, 0.5) is 0 Å². The van der Waals surface area contributed by atoms with Crippen LogP contribution in [0, 0.1) is 0 Å². The summed E-state index contributed by atoms with van der Waals surface area (Å²) < 4.78 is 0. The van der Waals surface area contributed by atoms with E-state index in [0.717, 1.165) is 17.9 Å². The summed E-state index contributed by atoms with van der Waals surface area (Å²) in [5.41, 5.74) is 4.52. The van der Waals surface area contributed by atoms with Gasteiger partial charge >= 0.3 is 0 Å². The Kier molecular flexibility index (Phi) is 7.70. The normalized spacial score (nSPS) is 19.8. The van der Waals surface area contributed by atoms with Crippen LogP contribution in [0.25, 0.3) is 10.8 Å². The molecule has 0 radical (unpaired) electrons. The van der Waals surface area contributed by atoms with Gasteiger partial charge in [0.25, 0.3) is 0 Å². The zero-order valence-electron chi connectivity index (χ0n) is 19.9. The molecule has 0 bridgehead atoms. The molecule has 2 aliphatic carbocycles. The maximum Gasteiger partial charge on any atom is 0.121 e. The van der Waals surface area contributed by atoms with E-state index >= 15 is 0 Å². The van der Waals surface area contributed by atoms with Crippen molar-refractivity contribution in [3.63, 3.8) is 0 Å². The van der Waals surface area contributed by atoms with Gasteiger partial charge in [-0.15, -0.1) is 0 Å². The lowest BCUT2D eigenvalue weighted by molar-refractivity contribution is 0.483. The van der Waals surface area contributed by atoms with Crippen molar-refractivity contribution >= 4 is 24.3 Å². The second kappa shape index (κ2) is 10.5. The number of amidine groups is 1. The van der Waals surface area contributed by atoms with Crippen LogP contribution in [0.2, 0.25) is 0 Å². The number of aliphatic imine (C=N–C) groups is 1. The van der Waals surface area contributed by atoms with E-state index in [-0.39, 0.29) is 13.5 Å². The Labute approximate surface area is 191 Å². The molecule has 0 unspecified atom stereocenters. The summed E-state index contributed by atoms with van der Waals surface area (Å²) in [6, 6.07) is 15.4. The fraction of sp³-hybridized carbons (Fsp3) is 0.607. The van der Waals surface area contributed by atoms with Gasteiger partial charge in [-0.25, -0.2) is 0 Å². The molecule has 0 aliphatic heterocycles. The minimum absolute atomic E-state index is 0.0570. The molecule has 2 fully saturated rings. The molecular weight excluding hydrogens is 395 g/mol. The summed E-state index contributed by atoms with van der Waals surface area (Å²) in [6.07, 6.45) is 14.2. The lowest BCUT2D eigenvalue weighted by Crippen LogP contribution is -2.42. The average Bonchev–Trinajstić information content (AvgIpc) is 2.78. The number of benzene rings is 2. The van der Waals surface area contributed by atoms with E-state index in [2.05, 4.69) is 68.6 Å². The molecule has 2 aromatic carbocycles. The molecule has 4 rings (SSSR count). The Balaban J connectivity index is 1.68. The predicted octanol–water partition coefficient (Wildman–Crippen LogP) is 8.23. The predicted molar refractivity (Wildman–Crippen MR) is 139 cm³/mol. The first-order valence-corrected chi connectivity index (χ1v) is 14.1. The molecule has 0 saturated heterocycles. The molecule has 2 aliphatic rings. The van der Waals surface area contributed by atoms with E-state index in [9.17, 15) is 0 Å². The number of nitrogens with one attached hydrogen (secondary N) is 1. The van der Waals surface area contributed by atoms with Crippen LogP contribution in [-0.2, 0) is 6.54 Å².